The van der Waals surface area contributed by atoms with Crippen molar-refractivity contribution < 1.29 is 19.5 Å². The van der Waals surface area contributed by atoms with Gasteiger partial charge in [0.2, 0.25) is 17.7 Å². The molecule has 0 aromatic heterocycles. The molecule has 2 aromatic carbocycles. The molecule has 3 saturated heterocycles. The largest absolute Gasteiger partial charge is 0.396 e. The number of likely N-dealkylation sites (tertiary alicyclic amines) is 1. The van der Waals surface area contributed by atoms with Gasteiger partial charge in [-0.3, -0.25) is 14.4 Å². The molecule has 1 spiro atoms. The molecule has 6 atom stereocenters. The molecule has 0 radical (unpaired) electrons. The summed E-state index contributed by atoms with van der Waals surface area (Å²) in [5.74, 6) is -1.33. The van der Waals surface area contributed by atoms with E-state index in [9.17, 15) is 19.5 Å². The highest BCUT2D eigenvalue weighted by molar-refractivity contribution is 8.02. The summed E-state index contributed by atoms with van der Waals surface area (Å²) in [5.41, 5.74) is 3.45. The summed E-state index contributed by atoms with van der Waals surface area (Å²) in [7, 11) is 0. The van der Waals surface area contributed by atoms with Crippen LogP contribution in [0.15, 0.2) is 48.5 Å². The van der Waals surface area contributed by atoms with Crippen molar-refractivity contribution in [3.05, 3.63) is 59.7 Å². The lowest BCUT2D eigenvalue weighted by atomic mass is 9.66. The molecule has 2 bridgehead atoms. The number of nitrogens with one attached hydrogen (secondary N) is 2. The Balaban J connectivity index is 1.49. The first kappa shape index (κ1) is 26.8. The number of carbonyl (C=O) groups excluding carboxylic acids is 3. The van der Waals surface area contributed by atoms with E-state index in [0.717, 1.165) is 29.7 Å². The number of anilines is 2. The van der Waals surface area contributed by atoms with Crippen LogP contribution < -0.4 is 10.6 Å². The minimum absolute atomic E-state index is 0.00491. The first-order valence-electron chi connectivity index (χ1n) is 13.6. The smallest absolute Gasteiger partial charge is 0.248 e. The number of aliphatic hydroxyl groups is 1. The van der Waals surface area contributed by atoms with Gasteiger partial charge in [0, 0.05) is 29.8 Å². The molecule has 7 nitrogen and oxygen atoms in total. The number of thioether (sulfide) groups is 1. The average molecular weight is 536 g/mol. The van der Waals surface area contributed by atoms with E-state index in [1.54, 1.807) is 16.7 Å². The zero-order valence-corrected chi connectivity index (χ0v) is 23.1. The van der Waals surface area contributed by atoms with Crippen LogP contribution in [0.1, 0.15) is 43.7 Å². The Bertz CT molecular complexity index is 1200. The molecule has 3 N–H and O–H groups in total. The summed E-state index contributed by atoms with van der Waals surface area (Å²) >= 11 is 1.69. The third-order valence-corrected chi connectivity index (χ3v) is 10.7. The topological polar surface area (TPSA) is 98.7 Å². The van der Waals surface area contributed by atoms with E-state index in [0.29, 0.717) is 25.1 Å². The second-order valence-corrected chi connectivity index (χ2v) is 12.5. The van der Waals surface area contributed by atoms with Gasteiger partial charge in [-0.1, -0.05) is 43.3 Å². The maximum Gasteiger partial charge on any atom is 0.248 e. The van der Waals surface area contributed by atoms with Gasteiger partial charge in [0.05, 0.1) is 16.6 Å². The van der Waals surface area contributed by atoms with Crippen LogP contribution in [0.5, 0.6) is 0 Å². The number of hydrogen-bond acceptors (Lipinski definition) is 5. The third-order valence-electron chi connectivity index (χ3n) is 8.62. The highest BCUT2D eigenvalue weighted by Crippen LogP contribution is 2.68. The Morgan fingerprint density at radius 2 is 1.71 bits per heavy atom. The first-order chi connectivity index (χ1) is 18.3. The van der Waals surface area contributed by atoms with E-state index in [1.165, 1.54) is 0 Å². The zero-order valence-electron chi connectivity index (χ0n) is 22.3. The first-order valence-corrected chi connectivity index (χ1v) is 14.5. The van der Waals surface area contributed by atoms with Gasteiger partial charge in [-0.25, -0.2) is 0 Å². The standard InChI is InChI=1S/C30H37N3O4S/c1-18-11-10-12-19(2)25(18)32-28(36)26-30-20(3)17-22(38-30)23(27(35)31-21-13-6-4-7-14-21)24(30)29(37)33(26)15-8-5-9-16-34/h4,6-7,10-14,20,22-24,26,34H,5,8-9,15-17H2,1-3H3,(H,31,35)(H,32,36)/t20?,22-,23+,24-,26?,30?/m0/s1. The summed E-state index contributed by atoms with van der Waals surface area (Å²) in [6.45, 7) is 6.62. The molecule has 3 amide bonds. The number of aryl methyl sites for hydroxylation is 2. The highest BCUT2D eigenvalue weighted by atomic mass is 32.2. The molecule has 5 rings (SSSR count). The van der Waals surface area contributed by atoms with Crippen LogP contribution in [-0.2, 0) is 14.4 Å². The van der Waals surface area contributed by atoms with Gasteiger partial charge < -0.3 is 20.6 Å². The molecule has 3 aliphatic rings. The Hall–Kier alpha value is -2.84. The molecule has 0 aliphatic carbocycles. The van der Waals surface area contributed by atoms with Gasteiger partial charge in [-0.15, -0.1) is 11.8 Å². The molecule has 3 fully saturated rings. The SMILES string of the molecule is Cc1cccc(C)c1NC(=O)C1N(CCCCCO)C(=O)[C@@H]2[C@H](C(=O)Nc3ccccc3)[C@@H]3CC(C)C12S3. The summed E-state index contributed by atoms with van der Waals surface area (Å²) in [4.78, 5) is 43.7. The van der Waals surface area contributed by atoms with Crippen LogP contribution in [-0.4, -0.2) is 56.9 Å². The van der Waals surface area contributed by atoms with Crippen molar-refractivity contribution in [3.8, 4) is 0 Å². The average Bonchev–Trinajstić information content (AvgIpc) is 3.48. The number of rotatable bonds is 9. The second-order valence-electron chi connectivity index (χ2n) is 11.0. The third kappa shape index (κ3) is 4.41. The number of carbonyl (C=O) groups is 3. The molecule has 3 unspecified atom stereocenters. The van der Waals surface area contributed by atoms with Crippen molar-refractivity contribution in [2.75, 3.05) is 23.8 Å². The molecule has 3 heterocycles. The van der Waals surface area contributed by atoms with Gasteiger partial charge in [0.15, 0.2) is 0 Å². The van der Waals surface area contributed by atoms with Gasteiger partial charge >= 0.3 is 0 Å². The Morgan fingerprint density at radius 1 is 1.00 bits per heavy atom. The van der Waals surface area contributed by atoms with E-state index in [4.69, 9.17) is 0 Å². The maximum atomic E-state index is 14.2. The number of nitrogens with zero attached hydrogens (tertiary/aromatic N) is 1. The maximum absolute atomic E-state index is 14.2. The van der Waals surface area contributed by atoms with Crippen LogP contribution in [0.3, 0.4) is 0 Å². The number of hydrogen-bond donors (Lipinski definition) is 3. The van der Waals surface area contributed by atoms with Crippen molar-refractivity contribution in [1.29, 1.82) is 0 Å². The molecule has 38 heavy (non-hydrogen) atoms. The van der Waals surface area contributed by atoms with Gasteiger partial charge in [0.25, 0.3) is 0 Å². The molecule has 8 heteroatoms. The van der Waals surface area contributed by atoms with Crippen LogP contribution in [0, 0.1) is 31.6 Å². The molecule has 3 aliphatic heterocycles. The van der Waals surface area contributed by atoms with E-state index in [2.05, 4.69) is 17.6 Å². The number of benzene rings is 2. The number of aliphatic hydroxyl groups excluding tert-OH is 1. The lowest BCUT2D eigenvalue weighted by molar-refractivity contribution is -0.138. The van der Waals surface area contributed by atoms with E-state index in [1.807, 2.05) is 62.4 Å². The van der Waals surface area contributed by atoms with Crippen LogP contribution in [0.25, 0.3) is 0 Å². The Kier molecular flexibility index (Phi) is 7.56. The van der Waals surface area contributed by atoms with Gasteiger partial charge in [-0.05, 0) is 68.7 Å². The summed E-state index contributed by atoms with van der Waals surface area (Å²) in [6, 6.07) is 14.6. The van der Waals surface area contributed by atoms with E-state index < -0.39 is 22.6 Å². The summed E-state index contributed by atoms with van der Waals surface area (Å²) in [5, 5.41) is 15.5. The Morgan fingerprint density at radius 3 is 2.39 bits per heavy atom. The van der Waals surface area contributed by atoms with Gasteiger partial charge in [0.1, 0.15) is 6.04 Å². The van der Waals surface area contributed by atoms with Crippen LogP contribution in [0.2, 0.25) is 0 Å². The van der Waals surface area contributed by atoms with Crippen molar-refractivity contribution >= 4 is 40.9 Å². The fourth-order valence-corrected chi connectivity index (χ4v) is 9.30. The van der Waals surface area contributed by atoms with Crippen molar-refractivity contribution in [2.45, 2.75) is 62.5 Å². The predicted octanol–water partition coefficient (Wildman–Crippen LogP) is 4.38. The lowest BCUT2D eigenvalue weighted by Gasteiger charge is -2.38. The lowest BCUT2D eigenvalue weighted by Crippen LogP contribution is -2.55. The van der Waals surface area contributed by atoms with Crippen LogP contribution in [0.4, 0.5) is 11.4 Å². The monoisotopic (exact) mass is 535 g/mol. The molecule has 2 aromatic rings. The second kappa shape index (κ2) is 10.7. The normalized spacial score (nSPS) is 29.4. The summed E-state index contributed by atoms with van der Waals surface area (Å²) < 4.78 is -0.655. The predicted molar refractivity (Wildman–Crippen MR) is 151 cm³/mol. The van der Waals surface area contributed by atoms with Crippen molar-refractivity contribution in [2.24, 2.45) is 17.8 Å². The summed E-state index contributed by atoms with van der Waals surface area (Å²) in [6.07, 6.45) is 2.93. The highest BCUT2D eigenvalue weighted by Gasteiger charge is 2.75. The minimum atomic E-state index is -0.660. The number of amides is 3. The van der Waals surface area contributed by atoms with E-state index >= 15 is 0 Å². The van der Waals surface area contributed by atoms with Gasteiger partial charge in [-0.2, -0.15) is 0 Å². The van der Waals surface area contributed by atoms with Crippen molar-refractivity contribution in [3.63, 3.8) is 0 Å². The van der Waals surface area contributed by atoms with Crippen LogP contribution >= 0.6 is 11.8 Å². The minimum Gasteiger partial charge on any atom is -0.396 e. The Labute approximate surface area is 228 Å². The quantitative estimate of drug-likeness (QED) is 0.414. The number of unbranched alkanes of at least 4 members (excludes halogenated alkanes) is 2. The molecular weight excluding hydrogens is 498 g/mol. The number of fused-ring (bicyclic) bond motifs is 1. The zero-order chi connectivity index (χ0) is 27.0. The number of para-hydroxylation sites is 2. The molecule has 202 valence electrons. The molecule has 0 saturated carbocycles. The van der Waals surface area contributed by atoms with E-state index in [-0.39, 0.29) is 35.5 Å². The fraction of sp³-hybridized carbons (Fsp3) is 0.500. The van der Waals surface area contributed by atoms with Crippen molar-refractivity contribution in [1.82, 2.24) is 4.90 Å². The fourth-order valence-electron chi connectivity index (χ4n) is 6.88. The molecular formula is C30H37N3O4S.